The minimum absolute atomic E-state index is 0.0780. The van der Waals surface area contributed by atoms with Crippen LogP contribution in [0.5, 0.6) is 11.5 Å². The van der Waals surface area contributed by atoms with Crippen LogP contribution in [-0.4, -0.2) is 45.6 Å². The number of hydrogen-bond acceptors (Lipinski definition) is 5. The third-order valence-corrected chi connectivity index (χ3v) is 6.01. The fourth-order valence-corrected chi connectivity index (χ4v) is 3.75. The Morgan fingerprint density at radius 3 is 2.27 bits per heavy atom. The first-order chi connectivity index (χ1) is 12.3. The molecule has 0 radical (unpaired) electrons. The highest BCUT2D eigenvalue weighted by atomic mass is 35.5. The van der Waals surface area contributed by atoms with E-state index in [0.717, 1.165) is 4.31 Å². The van der Waals surface area contributed by atoms with E-state index in [4.69, 9.17) is 21.1 Å². The molecule has 0 aliphatic carbocycles. The quantitative estimate of drug-likeness (QED) is 0.738. The zero-order valence-electron chi connectivity index (χ0n) is 14.8. The standard InChI is InChI=1S/C18H22ClNO5S/c1-20(26(22,23)12-13-4-7-15(19)8-5-13)11-16(21)14-6-9-17(24-2)18(10-14)25-3/h4-10,16,21H,11-12H2,1-3H3. The van der Waals surface area contributed by atoms with Crippen molar-refractivity contribution < 1.29 is 23.0 Å². The van der Waals surface area contributed by atoms with Gasteiger partial charge in [0.1, 0.15) is 0 Å². The van der Waals surface area contributed by atoms with Crippen molar-refractivity contribution in [1.29, 1.82) is 0 Å². The molecule has 0 heterocycles. The summed E-state index contributed by atoms with van der Waals surface area (Å²) in [5, 5.41) is 11.0. The summed E-state index contributed by atoms with van der Waals surface area (Å²) in [6.45, 7) is -0.0780. The van der Waals surface area contributed by atoms with Crippen LogP contribution in [0.1, 0.15) is 17.2 Å². The van der Waals surface area contributed by atoms with E-state index in [1.54, 1.807) is 42.5 Å². The molecule has 1 N–H and O–H groups in total. The van der Waals surface area contributed by atoms with E-state index in [9.17, 15) is 13.5 Å². The molecule has 8 heteroatoms. The summed E-state index contributed by atoms with van der Waals surface area (Å²) < 4.78 is 36.5. The van der Waals surface area contributed by atoms with Gasteiger partial charge in [-0.15, -0.1) is 0 Å². The van der Waals surface area contributed by atoms with Crippen molar-refractivity contribution in [3.8, 4) is 11.5 Å². The van der Waals surface area contributed by atoms with Gasteiger partial charge >= 0.3 is 0 Å². The first kappa shape index (κ1) is 20.5. The van der Waals surface area contributed by atoms with Crippen LogP contribution in [0.15, 0.2) is 42.5 Å². The molecular weight excluding hydrogens is 378 g/mol. The zero-order valence-corrected chi connectivity index (χ0v) is 16.4. The molecule has 0 aliphatic rings. The Morgan fingerprint density at radius 1 is 1.08 bits per heavy atom. The van der Waals surface area contributed by atoms with Gasteiger partial charge in [-0.3, -0.25) is 0 Å². The van der Waals surface area contributed by atoms with Gasteiger partial charge in [0.2, 0.25) is 10.0 Å². The lowest BCUT2D eigenvalue weighted by Gasteiger charge is -2.21. The second kappa shape index (κ2) is 8.73. The highest BCUT2D eigenvalue weighted by Crippen LogP contribution is 2.30. The predicted molar refractivity (Wildman–Crippen MR) is 101 cm³/mol. The largest absolute Gasteiger partial charge is 0.493 e. The Labute approximate surface area is 159 Å². The minimum atomic E-state index is -3.58. The maximum absolute atomic E-state index is 12.5. The number of aliphatic hydroxyl groups is 1. The van der Waals surface area contributed by atoms with E-state index in [0.29, 0.717) is 27.6 Å². The van der Waals surface area contributed by atoms with Crippen LogP contribution in [0, 0.1) is 0 Å². The Balaban J connectivity index is 2.09. The van der Waals surface area contributed by atoms with Crippen molar-refractivity contribution in [2.75, 3.05) is 27.8 Å². The van der Waals surface area contributed by atoms with E-state index in [2.05, 4.69) is 0 Å². The third kappa shape index (κ3) is 5.11. The maximum Gasteiger partial charge on any atom is 0.218 e. The van der Waals surface area contributed by atoms with Gasteiger partial charge in [0, 0.05) is 18.6 Å². The summed E-state index contributed by atoms with van der Waals surface area (Å²) in [4.78, 5) is 0. The molecule has 6 nitrogen and oxygen atoms in total. The zero-order chi connectivity index (χ0) is 19.3. The molecule has 1 atom stereocenters. The molecule has 142 valence electrons. The lowest BCUT2D eigenvalue weighted by atomic mass is 10.1. The van der Waals surface area contributed by atoms with Crippen molar-refractivity contribution >= 4 is 21.6 Å². The number of methoxy groups -OCH3 is 2. The van der Waals surface area contributed by atoms with Crippen molar-refractivity contribution in [2.24, 2.45) is 0 Å². The lowest BCUT2D eigenvalue weighted by Crippen LogP contribution is -2.32. The van der Waals surface area contributed by atoms with Gasteiger partial charge in [-0.1, -0.05) is 29.8 Å². The molecule has 2 aromatic rings. The van der Waals surface area contributed by atoms with Crippen LogP contribution < -0.4 is 9.47 Å². The van der Waals surface area contributed by atoms with Gasteiger partial charge in [-0.25, -0.2) is 12.7 Å². The van der Waals surface area contributed by atoms with Crippen LogP contribution in [0.4, 0.5) is 0 Å². The van der Waals surface area contributed by atoms with E-state index in [1.807, 2.05) is 0 Å². The second-order valence-electron chi connectivity index (χ2n) is 5.79. The number of likely N-dealkylation sites (N-methyl/N-ethyl adjacent to an activating group) is 1. The van der Waals surface area contributed by atoms with Crippen molar-refractivity contribution in [2.45, 2.75) is 11.9 Å². The number of rotatable bonds is 8. The maximum atomic E-state index is 12.5. The van der Waals surface area contributed by atoms with E-state index in [-0.39, 0.29) is 12.3 Å². The smallest absolute Gasteiger partial charge is 0.218 e. The number of aliphatic hydroxyl groups excluding tert-OH is 1. The summed E-state index contributed by atoms with van der Waals surface area (Å²) in [6.07, 6.45) is -1.00. The molecule has 1 unspecified atom stereocenters. The normalized spacial score (nSPS) is 12.8. The number of benzene rings is 2. The molecule has 0 fully saturated rings. The van der Waals surface area contributed by atoms with Crippen LogP contribution >= 0.6 is 11.6 Å². The molecule has 26 heavy (non-hydrogen) atoms. The molecule has 0 aromatic heterocycles. The summed E-state index contributed by atoms with van der Waals surface area (Å²) in [7, 11) is 0.872. The van der Waals surface area contributed by atoms with Gasteiger partial charge in [-0.05, 0) is 35.4 Å². The molecular formula is C18H22ClNO5S. The van der Waals surface area contributed by atoms with Crippen LogP contribution in [0.2, 0.25) is 5.02 Å². The number of ether oxygens (including phenoxy) is 2. The molecule has 2 rings (SSSR count). The van der Waals surface area contributed by atoms with Gasteiger partial charge in [0.05, 0.1) is 26.1 Å². The summed E-state index contributed by atoms with van der Waals surface area (Å²) in [5.74, 6) is 0.835. The molecule has 2 aromatic carbocycles. The monoisotopic (exact) mass is 399 g/mol. The lowest BCUT2D eigenvalue weighted by molar-refractivity contribution is 0.154. The number of hydrogen-bond donors (Lipinski definition) is 1. The number of halogens is 1. The van der Waals surface area contributed by atoms with Crippen LogP contribution in [-0.2, 0) is 15.8 Å². The SMILES string of the molecule is COc1ccc(C(O)CN(C)S(=O)(=O)Cc2ccc(Cl)cc2)cc1OC. The Hall–Kier alpha value is -1.80. The molecule has 0 spiro atoms. The minimum Gasteiger partial charge on any atom is -0.493 e. The highest BCUT2D eigenvalue weighted by Gasteiger charge is 2.22. The average Bonchev–Trinajstić information content (AvgIpc) is 2.62. The highest BCUT2D eigenvalue weighted by molar-refractivity contribution is 7.88. The topological polar surface area (TPSA) is 76.1 Å². The number of sulfonamides is 1. The summed E-state index contributed by atoms with van der Waals surface area (Å²) in [5.41, 5.74) is 1.16. The van der Waals surface area contributed by atoms with Gasteiger partial charge in [-0.2, -0.15) is 0 Å². The average molecular weight is 400 g/mol. The van der Waals surface area contributed by atoms with Crippen molar-refractivity contribution in [3.05, 3.63) is 58.6 Å². The van der Waals surface area contributed by atoms with Crippen molar-refractivity contribution in [3.63, 3.8) is 0 Å². The van der Waals surface area contributed by atoms with E-state index in [1.165, 1.54) is 21.3 Å². The van der Waals surface area contributed by atoms with E-state index < -0.39 is 16.1 Å². The van der Waals surface area contributed by atoms with Gasteiger partial charge in [0.25, 0.3) is 0 Å². The summed E-state index contributed by atoms with van der Waals surface area (Å²) >= 11 is 5.82. The first-order valence-corrected chi connectivity index (χ1v) is 9.84. The van der Waals surface area contributed by atoms with Gasteiger partial charge < -0.3 is 14.6 Å². The Morgan fingerprint density at radius 2 is 1.69 bits per heavy atom. The Bertz CT molecular complexity index is 839. The fourth-order valence-electron chi connectivity index (χ4n) is 2.42. The molecule has 0 aliphatic heterocycles. The van der Waals surface area contributed by atoms with Gasteiger partial charge in [0.15, 0.2) is 11.5 Å². The molecule has 0 amide bonds. The molecule has 0 bridgehead atoms. The van der Waals surface area contributed by atoms with Crippen molar-refractivity contribution in [1.82, 2.24) is 4.31 Å². The van der Waals surface area contributed by atoms with E-state index >= 15 is 0 Å². The third-order valence-electron chi connectivity index (χ3n) is 3.96. The molecule has 0 saturated carbocycles. The summed E-state index contributed by atoms with van der Waals surface area (Å²) in [6, 6.07) is 11.6. The fraction of sp³-hybridized carbons (Fsp3) is 0.333. The Kier molecular flexibility index (Phi) is 6.88. The predicted octanol–water partition coefficient (Wildman–Crippen LogP) is 2.85. The van der Waals surface area contributed by atoms with Crippen LogP contribution in [0.25, 0.3) is 0 Å². The van der Waals surface area contributed by atoms with Crippen LogP contribution in [0.3, 0.4) is 0 Å². The number of nitrogens with zero attached hydrogens (tertiary/aromatic N) is 1. The molecule has 0 saturated heterocycles. The second-order valence-corrected chi connectivity index (χ2v) is 8.31. The first-order valence-electron chi connectivity index (χ1n) is 7.85.